The molecule has 2 rings (SSSR count). The summed E-state index contributed by atoms with van der Waals surface area (Å²) >= 11 is 0. The molecule has 1 amide bonds. The van der Waals surface area contributed by atoms with E-state index in [1.165, 1.54) is 19.3 Å². The third kappa shape index (κ3) is 1.62. The summed E-state index contributed by atoms with van der Waals surface area (Å²) in [5, 5.41) is 0. The van der Waals surface area contributed by atoms with E-state index in [0.29, 0.717) is 11.9 Å². The summed E-state index contributed by atoms with van der Waals surface area (Å²) < 4.78 is 0. The van der Waals surface area contributed by atoms with Crippen LogP contribution in [-0.2, 0) is 4.79 Å². The van der Waals surface area contributed by atoms with E-state index in [0.717, 1.165) is 25.0 Å². The maximum atomic E-state index is 11.8. The van der Waals surface area contributed by atoms with Gasteiger partial charge < -0.3 is 4.90 Å². The van der Waals surface area contributed by atoms with Gasteiger partial charge >= 0.3 is 0 Å². The molecule has 13 heavy (non-hydrogen) atoms. The summed E-state index contributed by atoms with van der Waals surface area (Å²) in [4.78, 5) is 13.9. The van der Waals surface area contributed by atoms with Crippen molar-refractivity contribution in [3.05, 3.63) is 11.6 Å². The Hall–Kier alpha value is -0.790. The molecule has 0 aromatic heterocycles. The molecule has 0 aromatic carbocycles. The van der Waals surface area contributed by atoms with E-state index in [-0.39, 0.29) is 0 Å². The summed E-state index contributed by atoms with van der Waals surface area (Å²) in [5.41, 5.74) is 1.05. The number of allylic oxidation sites excluding steroid dienone is 1. The van der Waals surface area contributed by atoms with E-state index in [4.69, 9.17) is 0 Å². The Kier molecular flexibility index (Phi) is 2.38. The highest BCUT2D eigenvalue weighted by Crippen LogP contribution is 2.24. The average Bonchev–Trinajstić information content (AvgIpc) is 2.01. The van der Waals surface area contributed by atoms with Gasteiger partial charge in [-0.3, -0.25) is 4.79 Å². The lowest BCUT2D eigenvalue weighted by molar-refractivity contribution is -0.130. The van der Waals surface area contributed by atoms with Gasteiger partial charge in [-0.1, -0.05) is 6.08 Å². The molecule has 1 saturated heterocycles. The van der Waals surface area contributed by atoms with Crippen LogP contribution in [0.25, 0.3) is 0 Å². The predicted octanol–water partition coefficient (Wildman–Crippen LogP) is 2.11. The normalized spacial score (nSPS) is 27.9. The van der Waals surface area contributed by atoms with Gasteiger partial charge in [0.25, 0.3) is 0 Å². The summed E-state index contributed by atoms with van der Waals surface area (Å²) in [6.07, 6.45) is 7.82. The molecule has 2 heteroatoms. The van der Waals surface area contributed by atoms with Crippen molar-refractivity contribution in [1.29, 1.82) is 0 Å². The highest BCUT2D eigenvalue weighted by atomic mass is 16.2. The molecule has 72 valence electrons. The molecule has 1 unspecified atom stereocenters. The van der Waals surface area contributed by atoms with Gasteiger partial charge in [-0.05, 0) is 39.0 Å². The molecule has 0 N–H and O–H groups in total. The van der Waals surface area contributed by atoms with Gasteiger partial charge in [-0.25, -0.2) is 0 Å². The molecule has 0 saturated carbocycles. The van der Waals surface area contributed by atoms with Crippen molar-refractivity contribution in [1.82, 2.24) is 4.90 Å². The van der Waals surface area contributed by atoms with Crippen molar-refractivity contribution >= 4 is 5.91 Å². The molecule has 0 spiro atoms. The Morgan fingerprint density at radius 2 is 2.31 bits per heavy atom. The molecule has 1 atom stereocenters. The smallest absolute Gasteiger partial charge is 0.249 e. The molecule has 1 fully saturated rings. The first-order chi connectivity index (χ1) is 6.29. The van der Waals surface area contributed by atoms with Gasteiger partial charge in [-0.15, -0.1) is 0 Å². The van der Waals surface area contributed by atoms with Crippen LogP contribution in [0.1, 0.15) is 39.0 Å². The minimum atomic E-state index is 0.304. The first-order valence-electron chi connectivity index (χ1n) is 5.29. The number of nitrogens with zero attached hydrogens (tertiary/aromatic N) is 1. The number of hydrogen-bond acceptors (Lipinski definition) is 1. The molecule has 1 aliphatic heterocycles. The zero-order valence-electron chi connectivity index (χ0n) is 8.25. The van der Waals surface area contributed by atoms with Crippen molar-refractivity contribution in [3.63, 3.8) is 0 Å². The molecular weight excluding hydrogens is 162 g/mol. The molecular formula is C11H17NO. The largest absolute Gasteiger partial charge is 0.336 e. The zero-order valence-corrected chi connectivity index (χ0v) is 8.25. The van der Waals surface area contributed by atoms with E-state index in [1.54, 1.807) is 0 Å². The maximum Gasteiger partial charge on any atom is 0.249 e. The van der Waals surface area contributed by atoms with Gasteiger partial charge in [0.2, 0.25) is 5.91 Å². The summed E-state index contributed by atoms with van der Waals surface area (Å²) in [7, 11) is 0. The number of piperidine rings is 1. The predicted molar refractivity (Wildman–Crippen MR) is 52.3 cm³/mol. The monoisotopic (exact) mass is 179 g/mol. The third-order valence-corrected chi connectivity index (χ3v) is 3.14. The fraction of sp³-hybridized carbons (Fsp3) is 0.727. The van der Waals surface area contributed by atoms with Gasteiger partial charge in [0.15, 0.2) is 0 Å². The first-order valence-corrected chi connectivity index (χ1v) is 5.29. The quantitative estimate of drug-likeness (QED) is 0.603. The molecule has 0 aromatic rings. The van der Waals surface area contributed by atoms with Gasteiger partial charge in [0, 0.05) is 18.2 Å². The SMILES string of the molecule is CC1CCCCN1C(=O)C1=CCC1. The minimum absolute atomic E-state index is 0.304. The van der Waals surface area contributed by atoms with Crippen molar-refractivity contribution in [2.24, 2.45) is 0 Å². The van der Waals surface area contributed by atoms with E-state index < -0.39 is 0 Å². The van der Waals surface area contributed by atoms with Crippen molar-refractivity contribution in [2.45, 2.75) is 45.1 Å². The number of carbonyl (C=O) groups is 1. The molecule has 1 heterocycles. The fourth-order valence-corrected chi connectivity index (χ4v) is 2.07. The Bertz CT molecular complexity index is 244. The highest BCUT2D eigenvalue weighted by Gasteiger charge is 2.26. The second-order valence-electron chi connectivity index (χ2n) is 4.11. The topological polar surface area (TPSA) is 20.3 Å². The summed E-state index contributed by atoms with van der Waals surface area (Å²) in [6.45, 7) is 3.13. The standard InChI is InChI=1S/C11H17NO/c1-9-5-2-3-8-12(9)11(13)10-6-4-7-10/h6,9H,2-5,7-8H2,1H3. The number of carbonyl (C=O) groups excluding carboxylic acids is 1. The maximum absolute atomic E-state index is 11.8. The summed E-state index contributed by atoms with van der Waals surface area (Å²) in [6, 6.07) is 0.461. The van der Waals surface area contributed by atoms with Crippen molar-refractivity contribution in [2.75, 3.05) is 6.54 Å². The second-order valence-corrected chi connectivity index (χ2v) is 4.11. The number of likely N-dealkylation sites (tertiary alicyclic amines) is 1. The minimum Gasteiger partial charge on any atom is -0.336 e. The van der Waals surface area contributed by atoms with Crippen LogP contribution in [0.4, 0.5) is 0 Å². The van der Waals surface area contributed by atoms with Crippen LogP contribution in [0.5, 0.6) is 0 Å². The van der Waals surface area contributed by atoms with Crippen LogP contribution < -0.4 is 0 Å². The van der Waals surface area contributed by atoms with Gasteiger partial charge in [-0.2, -0.15) is 0 Å². The number of hydrogen-bond donors (Lipinski definition) is 0. The number of rotatable bonds is 1. The van der Waals surface area contributed by atoms with E-state index in [1.807, 2.05) is 0 Å². The Balaban J connectivity index is 2.01. The van der Waals surface area contributed by atoms with Crippen LogP contribution in [0.2, 0.25) is 0 Å². The van der Waals surface area contributed by atoms with Gasteiger partial charge in [0.05, 0.1) is 0 Å². The van der Waals surface area contributed by atoms with Crippen molar-refractivity contribution in [3.8, 4) is 0 Å². The zero-order chi connectivity index (χ0) is 9.26. The molecule has 2 nitrogen and oxygen atoms in total. The molecule has 1 aliphatic carbocycles. The average molecular weight is 179 g/mol. The van der Waals surface area contributed by atoms with Crippen LogP contribution in [0, 0.1) is 0 Å². The molecule has 2 aliphatic rings. The number of amides is 1. The fourth-order valence-electron chi connectivity index (χ4n) is 2.07. The van der Waals surface area contributed by atoms with E-state index in [9.17, 15) is 4.79 Å². The Morgan fingerprint density at radius 1 is 1.54 bits per heavy atom. The Labute approximate surface area is 79.6 Å². The van der Waals surface area contributed by atoms with Crippen LogP contribution in [0.3, 0.4) is 0 Å². The van der Waals surface area contributed by atoms with Crippen molar-refractivity contribution < 1.29 is 4.79 Å². The molecule has 0 radical (unpaired) electrons. The highest BCUT2D eigenvalue weighted by molar-refractivity contribution is 5.94. The third-order valence-electron chi connectivity index (χ3n) is 3.14. The van der Waals surface area contributed by atoms with E-state index in [2.05, 4.69) is 17.9 Å². The van der Waals surface area contributed by atoms with Gasteiger partial charge in [0.1, 0.15) is 0 Å². The summed E-state index contributed by atoms with van der Waals surface area (Å²) in [5.74, 6) is 0.304. The van der Waals surface area contributed by atoms with Crippen LogP contribution in [0.15, 0.2) is 11.6 Å². The molecule has 0 bridgehead atoms. The lowest BCUT2D eigenvalue weighted by atomic mass is 9.95. The second kappa shape index (κ2) is 3.52. The first kappa shape index (κ1) is 8.79. The van der Waals surface area contributed by atoms with Crippen LogP contribution >= 0.6 is 0 Å². The van der Waals surface area contributed by atoms with E-state index >= 15 is 0 Å². The lowest BCUT2D eigenvalue weighted by Crippen LogP contribution is -2.43. The van der Waals surface area contributed by atoms with Crippen LogP contribution in [-0.4, -0.2) is 23.4 Å². The lowest BCUT2D eigenvalue weighted by Gasteiger charge is -2.35. The Morgan fingerprint density at radius 3 is 2.85 bits per heavy atom.